The summed E-state index contributed by atoms with van der Waals surface area (Å²) in [6, 6.07) is 19.3. The first-order chi connectivity index (χ1) is 13.9. The minimum absolute atomic E-state index is 0.119. The summed E-state index contributed by atoms with van der Waals surface area (Å²) in [7, 11) is -3.78. The highest BCUT2D eigenvalue weighted by Crippen LogP contribution is 2.25. The Morgan fingerprint density at radius 1 is 0.966 bits per heavy atom. The van der Waals surface area contributed by atoms with E-state index < -0.39 is 15.9 Å². The fourth-order valence-electron chi connectivity index (χ4n) is 2.61. The second kappa shape index (κ2) is 8.98. The van der Waals surface area contributed by atoms with E-state index in [0.29, 0.717) is 18.0 Å². The van der Waals surface area contributed by atoms with E-state index in [4.69, 9.17) is 16.3 Å². The third-order valence-corrected chi connectivity index (χ3v) is 5.65. The van der Waals surface area contributed by atoms with Crippen LogP contribution in [0.4, 0.5) is 11.4 Å². The molecule has 0 spiro atoms. The average molecular weight is 431 g/mol. The molecule has 0 aromatic heterocycles. The second-order valence-electron chi connectivity index (χ2n) is 6.03. The van der Waals surface area contributed by atoms with E-state index >= 15 is 0 Å². The Balaban J connectivity index is 1.82. The van der Waals surface area contributed by atoms with Crippen LogP contribution in [0.2, 0.25) is 5.02 Å². The molecule has 0 saturated carbocycles. The number of halogens is 1. The standard InChI is InChI=1S/C21H19ClN2O4S/c1-2-28-17-8-6-7-15(13-17)23-21(25)19-14-16(11-12-20(19)22)24-29(26,27)18-9-4-3-5-10-18/h3-14,24H,2H2,1H3,(H,23,25). The van der Waals surface area contributed by atoms with Gasteiger partial charge in [-0.25, -0.2) is 8.42 Å². The van der Waals surface area contributed by atoms with Gasteiger partial charge in [-0.3, -0.25) is 9.52 Å². The van der Waals surface area contributed by atoms with Crippen molar-refractivity contribution in [2.24, 2.45) is 0 Å². The van der Waals surface area contributed by atoms with E-state index in [0.717, 1.165) is 0 Å². The highest BCUT2D eigenvalue weighted by atomic mass is 35.5. The number of anilines is 2. The highest BCUT2D eigenvalue weighted by Gasteiger charge is 2.17. The number of ether oxygens (including phenoxy) is 1. The van der Waals surface area contributed by atoms with Gasteiger partial charge in [-0.2, -0.15) is 0 Å². The fourth-order valence-corrected chi connectivity index (χ4v) is 3.88. The van der Waals surface area contributed by atoms with Crippen molar-refractivity contribution in [1.82, 2.24) is 0 Å². The minimum Gasteiger partial charge on any atom is -0.494 e. The molecular formula is C21H19ClN2O4S. The van der Waals surface area contributed by atoms with Crippen LogP contribution in [0.3, 0.4) is 0 Å². The summed E-state index contributed by atoms with van der Waals surface area (Å²) in [6.07, 6.45) is 0. The van der Waals surface area contributed by atoms with Gasteiger partial charge in [0, 0.05) is 17.4 Å². The van der Waals surface area contributed by atoms with Gasteiger partial charge >= 0.3 is 0 Å². The normalized spacial score (nSPS) is 11.0. The van der Waals surface area contributed by atoms with Gasteiger partial charge in [-0.15, -0.1) is 0 Å². The zero-order valence-electron chi connectivity index (χ0n) is 15.6. The van der Waals surface area contributed by atoms with Crippen LogP contribution in [0.25, 0.3) is 0 Å². The van der Waals surface area contributed by atoms with Crippen molar-refractivity contribution in [2.45, 2.75) is 11.8 Å². The van der Waals surface area contributed by atoms with Crippen LogP contribution in [0, 0.1) is 0 Å². The number of benzene rings is 3. The fraction of sp³-hybridized carbons (Fsp3) is 0.0952. The maximum absolute atomic E-state index is 12.7. The second-order valence-corrected chi connectivity index (χ2v) is 8.12. The molecule has 0 unspecified atom stereocenters. The van der Waals surface area contributed by atoms with E-state index in [1.807, 2.05) is 6.92 Å². The van der Waals surface area contributed by atoms with Gasteiger partial charge in [0.05, 0.1) is 22.1 Å². The van der Waals surface area contributed by atoms with Crippen molar-refractivity contribution < 1.29 is 17.9 Å². The number of carbonyl (C=O) groups is 1. The number of rotatable bonds is 7. The van der Waals surface area contributed by atoms with E-state index in [-0.39, 0.29) is 21.2 Å². The van der Waals surface area contributed by atoms with Crippen LogP contribution < -0.4 is 14.8 Å². The molecule has 0 saturated heterocycles. The van der Waals surface area contributed by atoms with Gasteiger partial charge in [-0.05, 0) is 49.4 Å². The Morgan fingerprint density at radius 2 is 1.72 bits per heavy atom. The summed E-state index contributed by atoms with van der Waals surface area (Å²) in [4.78, 5) is 12.8. The monoisotopic (exact) mass is 430 g/mol. The molecule has 0 heterocycles. The Bertz CT molecular complexity index is 1120. The van der Waals surface area contributed by atoms with Crippen LogP contribution in [-0.2, 0) is 10.0 Å². The zero-order valence-corrected chi connectivity index (χ0v) is 17.1. The molecule has 0 aliphatic heterocycles. The molecule has 0 radical (unpaired) electrons. The molecule has 0 atom stereocenters. The van der Waals surface area contributed by atoms with Gasteiger partial charge in [-0.1, -0.05) is 35.9 Å². The van der Waals surface area contributed by atoms with Crippen molar-refractivity contribution >= 4 is 38.9 Å². The zero-order chi connectivity index (χ0) is 20.9. The van der Waals surface area contributed by atoms with Gasteiger partial charge in [0.2, 0.25) is 0 Å². The molecule has 6 nitrogen and oxygen atoms in total. The molecule has 0 bridgehead atoms. The molecule has 29 heavy (non-hydrogen) atoms. The number of sulfonamides is 1. The first kappa shape index (κ1) is 20.7. The molecule has 0 aliphatic rings. The molecule has 2 N–H and O–H groups in total. The van der Waals surface area contributed by atoms with Crippen LogP contribution in [0.15, 0.2) is 77.7 Å². The van der Waals surface area contributed by atoms with Crippen LogP contribution in [-0.4, -0.2) is 20.9 Å². The molecule has 1 amide bonds. The minimum atomic E-state index is -3.78. The predicted molar refractivity (Wildman–Crippen MR) is 114 cm³/mol. The van der Waals surface area contributed by atoms with Crippen LogP contribution in [0.1, 0.15) is 17.3 Å². The van der Waals surface area contributed by atoms with Crippen molar-refractivity contribution in [2.75, 3.05) is 16.6 Å². The van der Waals surface area contributed by atoms with Crippen molar-refractivity contribution in [3.63, 3.8) is 0 Å². The van der Waals surface area contributed by atoms with Gasteiger partial charge in [0.25, 0.3) is 15.9 Å². The smallest absolute Gasteiger partial charge is 0.261 e. The molecule has 8 heteroatoms. The number of nitrogens with one attached hydrogen (secondary N) is 2. The van der Waals surface area contributed by atoms with Crippen LogP contribution >= 0.6 is 11.6 Å². The first-order valence-corrected chi connectivity index (χ1v) is 10.7. The molecule has 150 valence electrons. The molecule has 0 fully saturated rings. The molecule has 3 rings (SSSR count). The SMILES string of the molecule is CCOc1cccc(NC(=O)c2cc(NS(=O)(=O)c3ccccc3)ccc2Cl)c1. The van der Waals surface area contributed by atoms with Crippen molar-refractivity contribution in [3.05, 3.63) is 83.4 Å². The van der Waals surface area contributed by atoms with Crippen molar-refractivity contribution in [1.29, 1.82) is 0 Å². The maximum atomic E-state index is 12.7. The molecule has 3 aromatic carbocycles. The quantitative estimate of drug-likeness (QED) is 0.564. The Morgan fingerprint density at radius 3 is 2.45 bits per heavy atom. The Hall–Kier alpha value is -3.03. The summed E-state index contributed by atoms with van der Waals surface area (Å²) < 4.78 is 32.9. The maximum Gasteiger partial charge on any atom is 0.261 e. The Labute approximate surface area is 174 Å². The summed E-state index contributed by atoms with van der Waals surface area (Å²) >= 11 is 6.16. The highest BCUT2D eigenvalue weighted by molar-refractivity contribution is 7.92. The lowest BCUT2D eigenvalue weighted by Crippen LogP contribution is -2.15. The average Bonchev–Trinajstić information content (AvgIpc) is 2.70. The third kappa shape index (κ3) is 5.28. The lowest BCUT2D eigenvalue weighted by molar-refractivity contribution is 0.102. The Kier molecular flexibility index (Phi) is 6.41. The number of hydrogen-bond acceptors (Lipinski definition) is 4. The summed E-state index contributed by atoms with van der Waals surface area (Å²) in [5.74, 6) is 0.158. The topological polar surface area (TPSA) is 84.5 Å². The predicted octanol–water partition coefficient (Wildman–Crippen LogP) is 4.79. The number of carbonyl (C=O) groups excluding carboxylic acids is 1. The lowest BCUT2D eigenvalue weighted by Gasteiger charge is -2.12. The van der Waals surface area contributed by atoms with Crippen LogP contribution in [0.5, 0.6) is 5.75 Å². The van der Waals surface area contributed by atoms with E-state index in [1.54, 1.807) is 42.5 Å². The first-order valence-electron chi connectivity index (χ1n) is 8.80. The molecule has 3 aromatic rings. The summed E-state index contributed by atoms with van der Waals surface area (Å²) in [5.41, 5.74) is 0.903. The van der Waals surface area contributed by atoms with Gasteiger partial charge < -0.3 is 10.1 Å². The summed E-state index contributed by atoms with van der Waals surface area (Å²) in [5, 5.41) is 2.94. The van der Waals surface area contributed by atoms with E-state index in [1.165, 1.54) is 30.3 Å². The number of amides is 1. The van der Waals surface area contributed by atoms with E-state index in [9.17, 15) is 13.2 Å². The summed E-state index contributed by atoms with van der Waals surface area (Å²) in [6.45, 7) is 2.37. The molecular weight excluding hydrogens is 412 g/mol. The third-order valence-electron chi connectivity index (χ3n) is 3.92. The van der Waals surface area contributed by atoms with Crippen molar-refractivity contribution in [3.8, 4) is 5.75 Å². The van der Waals surface area contributed by atoms with Gasteiger partial charge in [0.1, 0.15) is 5.75 Å². The molecule has 0 aliphatic carbocycles. The lowest BCUT2D eigenvalue weighted by atomic mass is 10.2. The largest absolute Gasteiger partial charge is 0.494 e. The number of hydrogen-bond donors (Lipinski definition) is 2. The van der Waals surface area contributed by atoms with E-state index in [2.05, 4.69) is 10.0 Å². The van der Waals surface area contributed by atoms with Gasteiger partial charge in [0.15, 0.2) is 0 Å².